The van der Waals surface area contributed by atoms with Gasteiger partial charge < -0.3 is 0 Å². The van der Waals surface area contributed by atoms with Crippen LogP contribution in [-0.4, -0.2) is 12.1 Å². The second kappa shape index (κ2) is 6.00. The number of nitrogens with one attached hydrogen (secondary N) is 1. The molecule has 0 aliphatic carbocycles. The van der Waals surface area contributed by atoms with E-state index in [0.717, 1.165) is 0 Å². The normalized spacial score (nSPS) is 11.0. The van der Waals surface area contributed by atoms with Gasteiger partial charge in [0.25, 0.3) is 0 Å². The second-order valence-corrected chi connectivity index (χ2v) is 3.95. The maximum atomic E-state index is 12.8. The molecule has 1 amide bonds. The number of amides is 1. The first-order valence-electron chi connectivity index (χ1n) is 5.15. The maximum Gasteiger partial charge on any atom is 0.240 e. The fourth-order valence-corrected chi connectivity index (χ4v) is 1.18. The predicted molar refractivity (Wildman–Crippen MR) is 61.6 cm³/mol. The molecular weight excluding hydrogens is 207 g/mol. The maximum absolute atomic E-state index is 12.8. The van der Waals surface area contributed by atoms with Gasteiger partial charge in [0.15, 0.2) is 0 Å². The van der Waals surface area contributed by atoms with Crippen molar-refractivity contribution in [1.82, 2.24) is 5.43 Å². The van der Waals surface area contributed by atoms with E-state index in [9.17, 15) is 9.18 Å². The van der Waals surface area contributed by atoms with Crippen LogP contribution >= 0.6 is 0 Å². The summed E-state index contributed by atoms with van der Waals surface area (Å²) in [5.41, 5.74) is 3.01. The predicted octanol–water partition coefficient (Wildman–Crippen LogP) is 2.32. The number of benzene rings is 1. The molecule has 0 spiro atoms. The summed E-state index contributed by atoms with van der Waals surface area (Å²) in [7, 11) is 0. The molecule has 0 aromatic heterocycles. The summed E-state index contributed by atoms with van der Waals surface area (Å²) in [5.74, 6) is -0.163. The van der Waals surface area contributed by atoms with Crippen molar-refractivity contribution in [1.29, 1.82) is 0 Å². The molecule has 1 aromatic rings. The SMILES string of the molecule is CC(C)CC(=O)NN=Cc1cccc(F)c1. The van der Waals surface area contributed by atoms with Gasteiger partial charge in [0, 0.05) is 6.42 Å². The zero-order chi connectivity index (χ0) is 12.0. The highest BCUT2D eigenvalue weighted by molar-refractivity contribution is 5.82. The van der Waals surface area contributed by atoms with Crippen molar-refractivity contribution >= 4 is 12.1 Å². The molecule has 0 atom stereocenters. The lowest BCUT2D eigenvalue weighted by atomic mass is 10.1. The van der Waals surface area contributed by atoms with Gasteiger partial charge >= 0.3 is 0 Å². The van der Waals surface area contributed by atoms with Crippen LogP contribution < -0.4 is 5.43 Å². The minimum atomic E-state index is -0.322. The van der Waals surface area contributed by atoms with Crippen molar-refractivity contribution in [2.45, 2.75) is 20.3 Å². The molecule has 86 valence electrons. The molecular formula is C12H15FN2O. The molecule has 3 nitrogen and oxygen atoms in total. The lowest BCUT2D eigenvalue weighted by Crippen LogP contribution is -2.19. The number of nitrogens with zero attached hydrogens (tertiary/aromatic N) is 1. The van der Waals surface area contributed by atoms with Crippen molar-refractivity contribution in [2.75, 3.05) is 0 Å². The van der Waals surface area contributed by atoms with Crippen LogP contribution in [-0.2, 0) is 4.79 Å². The molecule has 0 saturated heterocycles. The summed E-state index contributed by atoms with van der Waals surface area (Å²) >= 11 is 0. The van der Waals surface area contributed by atoms with Gasteiger partial charge in [-0.15, -0.1) is 0 Å². The van der Waals surface area contributed by atoms with E-state index < -0.39 is 0 Å². The summed E-state index contributed by atoms with van der Waals surface area (Å²) in [6.07, 6.45) is 1.85. The van der Waals surface area contributed by atoms with Crippen LogP contribution in [0, 0.1) is 11.7 Å². The average molecular weight is 222 g/mol. The Balaban J connectivity index is 2.46. The summed E-state index contributed by atoms with van der Waals surface area (Å²) in [6, 6.07) is 6.00. The van der Waals surface area contributed by atoms with Gasteiger partial charge in [0.2, 0.25) is 5.91 Å². The molecule has 0 saturated carbocycles. The first-order valence-corrected chi connectivity index (χ1v) is 5.15. The number of rotatable bonds is 4. The van der Waals surface area contributed by atoms with E-state index >= 15 is 0 Å². The number of carbonyl (C=O) groups excluding carboxylic acids is 1. The van der Waals surface area contributed by atoms with Crippen molar-refractivity contribution in [2.24, 2.45) is 11.0 Å². The molecule has 0 heterocycles. The van der Waals surface area contributed by atoms with Crippen LogP contribution in [0.3, 0.4) is 0 Å². The van der Waals surface area contributed by atoms with E-state index in [1.807, 2.05) is 13.8 Å². The van der Waals surface area contributed by atoms with Crippen molar-refractivity contribution in [3.8, 4) is 0 Å². The topological polar surface area (TPSA) is 41.5 Å². The monoisotopic (exact) mass is 222 g/mol. The summed E-state index contributed by atoms with van der Waals surface area (Å²) in [5, 5.41) is 3.74. The molecule has 0 unspecified atom stereocenters. The Morgan fingerprint density at radius 3 is 2.94 bits per heavy atom. The van der Waals surface area contributed by atoms with Gasteiger partial charge in [-0.05, 0) is 23.6 Å². The van der Waals surface area contributed by atoms with Crippen LogP contribution in [0.25, 0.3) is 0 Å². The molecule has 16 heavy (non-hydrogen) atoms. The first kappa shape index (κ1) is 12.4. The largest absolute Gasteiger partial charge is 0.273 e. The van der Waals surface area contributed by atoms with Gasteiger partial charge in [0.05, 0.1) is 6.21 Å². The third-order valence-corrected chi connectivity index (χ3v) is 1.85. The quantitative estimate of drug-likeness (QED) is 0.616. The second-order valence-electron chi connectivity index (χ2n) is 3.95. The Kier molecular flexibility index (Phi) is 4.64. The molecule has 1 rings (SSSR count). The Bertz CT molecular complexity index is 388. The van der Waals surface area contributed by atoms with Crippen LogP contribution in [0.5, 0.6) is 0 Å². The summed E-state index contributed by atoms with van der Waals surface area (Å²) in [4.78, 5) is 11.2. The molecule has 0 fully saturated rings. The Hall–Kier alpha value is -1.71. The number of hydrazone groups is 1. The van der Waals surface area contributed by atoms with E-state index in [2.05, 4.69) is 10.5 Å². The average Bonchev–Trinajstić information content (AvgIpc) is 2.16. The van der Waals surface area contributed by atoms with Crippen molar-refractivity contribution < 1.29 is 9.18 Å². The Morgan fingerprint density at radius 1 is 1.56 bits per heavy atom. The fourth-order valence-electron chi connectivity index (χ4n) is 1.18. The molecule has 0 aliphatic rings. The van der Waals surface area contributed by atoms with Gasteiger partial charge in [0.1, 0.15) is 5.82 Å². The molecule has 1 N–H and O–H groups in total. The fraction of sp³-hybridized carbons (Fsp3) is 0.333. The Morgan fingerprint density at radius 2 is 2.31 bits per heavy atom. The van der Waals surface area contributed by atoms with E-state index in [4.69, 9.17) is 0 Å². The lowest BCUT2D eigenvalue weighted by molar-refractivity contribution is -0.121. The van der Waals surface area contributed by atoms with Crippen LogP contribution in [0.15, 0.2) is 29.4 Å². The Labute approximate surface area is 94.4 Å². The van der Waals surface area contributed by atoms with E-state index in [1.165, 1.54) is 18.3 Å². The van der Waals surface area contributed by atoms with E-state index in [1.54, 1.807) is 12.1 Å². The highest BCUT2D eigenvalue weighted by Gasteiger charge is 2.02. The molecule has 4 heteroatoms. The number of carbonyl (C=O) groups is 1. The van der Waals surface area contributed by atoms with Crippen molar-refractivity contribution in [3.05, 3.63) is 35.6 Å². The lowest BCUT2D eigenvalue weighted by Gasteiger charge is -2.01. The summed E-state index contributed by atoms with van der Waals surface area (Å²) in [6.45, 7) is 3.91. The minimum Gasteiger partial charge on any atom is -0.273 e. The van der Waals surface area contributed by atoms with Crippen LogP contribution in [0.2, 0.25) is 0 Å². The third kappa shape index (κ3) is 4.68. The molecule has 0 radical (unpaired) electrons. The van der Waals surface area contributed by atoms with E-state index in [-0.39, 0.29) is 11.7 Å². The highest BCUT2D eigenvalue weighted by atomic mass is 19.1. The smallest absolute Gasteiger partial charge is 0.240 e. The standard InChI is InChI=1S/C12H15FN2O/c1-9(2)6-12(16)15-14-8-10-4-3-5-11(13)7-10/h3-5,7-9H,6H2,1-2H3,(H,15,16). The van der Waals surface area contributed by atoms with Crippen molar-refractivity contribution in [3.63, 3.8) is 0 Å². The van der Waals surface area contributed by atoms with Gasteiger partial charge in [-0.1, -0.05) is 26.0 Å². The minimum absolute atomic E-state index is 0.136. The molecule has 1 aromatic carbocycles. The van der Waals surface area contributed by atoms with Gasteiger partial charge in [-0.2, -0.15) is 5.10 Å². The first-order chi connectivity index (χ1) is 7.58. The summed E-state index contributed by atoms with van der Waals surface area (Å²) < 4.78 is 12.8. The number of hydrogen-bond donors (Lipinski definition) is 1. The van der Waals surface area contributed by atoms with E-state index in [0.29, 0.717) is 17.9 Å². The van der Waals surface area contributed by atoms with Crippen LogP contribution in [0.4, 0.5) is 4.39 Å². The van der Waals surface area contributed by atoms with Crippen LogP contribution in [0.1, 0.15) is 25.8 Å². The molecule has 0 bridgehead atoms. The number of hydrogen-bond acceptors (Lipinski definition) is 2. The zero-order valence-corrected chi connectivity index (χ0v) is 9.40. The zero-order valence-electron chi connectivity index (χ0n) is 9.40. The highest BCUT2D eigenvalue weighted by Crippen LogP contribution is 2.00. The number of halogens is 1. The van der Waals surface area contributed by atoms with Gasteiger partial charge in [-0.25, -0.2) is 9.82 Å². The van der Waals surface area contributed by atoms with Gasteiger partial charge in [-0.3, -0.25) is 4.79 Å². The molecule has 0 aliphatic heterocycles. The third-order valence-electron chi connectivity index (χ3n) is 1.85.